The lowest BCUT2D eigenvalue weighted by atomic mass is 9.57. The molecular formula is C21H29N3O3. The van der Waals surface area contributed by atoms with Crippen molar-refractivity contribution in [1.82, 2.24) is 14.7 Å². The van der Waals surface area contributed by atoms with Crippen molar-refractivity contribution in [3.8, 4) is 0 Å². The Labute approximate surface area is 160 Å². The molecule has 5 heterocycles. The Morgan fingerprint density at radius 1 is 1.11 bits per heavy atom. The molecule has 146 valence electrons. The van der Waals surface area contributed by atoms with Gasteiger partial charge in [0.25, 0.3) is 0 Å². The minimum atomic E-state index is -0.714. The smallest absolute Gasteiger partial charge is 0.249 e. The molecule has 0 unspecified atom stereocenters. The molecule has 0 aromatic heterocycles. The third kappa shape index (κ3) is 1.46. The summed E-state index contributed by atoms with van der Waals surface area (Å²) in [6.07, 6.45) is 2.45. The third-order valence-electron chi connectivity index (χ3n) is 9.41. The van der Waals surface area contributed by atoms with Crippen molar-refractivity contribution in [3.05, 3.63) is 12.3 Å². The van der Waals surface area contributed by atoms with E-state index >= 15 is 0 Å². The van der Waals surface area contributed by atoms with Crippen molar-refractivity contribution < 1.29 is 14.4 Å². The molecule has 6 nitrogen and oxygen atoms in total. The highest BCUT2D eigenvalue weighted by Crippen LogP contribution is 2.72. The first-order chi connectivity index (χ1) is 12.5. The monoisotopic (exact) mass is 371 g/mol. The van der Waals surface area contributed by atoms with Crippen molar-refractivity contribution in [2.45, 2.75) is 57.5 Å². The Morgan fingerprint density at radius 3 is 2.37 bits per heavy atom. The van der Waals surface area contributed by atoms with Crippen LogP contribution in [0.3, 0.4) is 0 Å². The number of carbonyl (C=O) groups excluding carboxylic acids is 3. The predicted molar refractivity (Wildman–Crippen MR) is 99.2 cm³/mol. The first-order valence-electron chi connectivity index (χ1n) is 10.0. The Morgan fingerprint density at radius 2 is 1.78 bits per heavy atom. The molecule has 5 saturated heterocycles. The van der Waals surface area contributed by atoms with E-state index in [1.54, 1.807) is 7.05 Å². The second kappa shape index (κ2) is 4.41. The van der Waals surface area contributed by atoms with E-state index in [0.29, 0.717) is 6.42 Å². The van der Waals surface area contributed by atoms with E-state index in [1.165, 1.54) is 4.90 Å². The molecule has 0 N–H and O–H groups in total. The molecule has 5 atom stereocenters. The summed E-state index contributed by atoms with van der Waals surface area (Å²) in [6.45, 7) is 11.5. The van der Waals surface area contributed by atoms with Crippen LogP contribution in [0, 0.1) is 22.7 Å². The number of allylic oxidation sites excluding steroid dienone is 1. The van der Waals surface area contributed by atoms with Crippen LogP contribution in [0.5, 0.6) is 0 Å². The van der Waals surface area contributed by atoms with E-state index in [2.05, 4.69) is 32.3 Å². The van der Waals surface area contributed by atoms with Crippen molar-refractivity contribution >= 4 is 17.7 Å². The number of nitrogens with zero attached hydrogens (tertiary/aromatic N) is 3. The molecule has 0 aromatic carbocycles. The van der Waals surface area contributed by atoms with E-state index in [0.717, 1.165) is 25.1 Å². The highest BCUT2D eigenvalue weighted by molar-refractivity contribution is 6.06. The molecule has 0 aromatic rings. The van der Waals surface area contributed by atoms with E-state index in [9.17, 15) is 14.4 Å². The lowest BCUT2D eigenvalue weighted by Crippen LogP contribution is -2.79. The summed E-state index contributed by atoms with van der Waals surface area (Å²) in [5, 5.41) is 0. The first-order valence-corrected chi connectivity index (χ1v) is 10.0. The maximum Gasteiger partial charge on any atom is 0.249 e. The average Bonchev–Trinajstić information content (AvgIpc) is 3.07. The van der Waals surface area contributed by atoms with Crippen LogP contribution in [-0.2, 0) is 14.4 Å². The highest BCUT2D eigenvalue weighted by Gasteiger charge is 2.80. The molecule has 27 heavy (non-hydrogen) atoms. The summed E-state index contributed by atoms with van der Waals surface area (Å²) >= 11 is 0. The fourth-order valence-corrected chi connectivity index (χ4v) is 7.71. The molecule has 6 fully saturated rings. The largest absolute Gasteiger partial charge is 0.358 e. The zero-order valence-electron chi connectivity index (χ0n) is 17.0. The van der Waals surface area contributed by atoms with Gasteiger partial charge in [-0.25, -0.2) is 0 Å². The zero-order chi connectivity index (χ0) is 19.7. The topological polar surface area (TPSA) is 60.9 Å². The Kier molecular flexibility index (Phi) is 2.82. The molecule has 6 aliphatic rings. The Hall–Kier alpha value is -1.85. The van der Waals surface area contributed by atoms with E-state index in [-0.39, 0.29) is 41.4 Å². The average molecular weight is 371 g/mol. The number of hydrogen-bond donors (Lipinski definition) is 0. The van der Waals surface area contributed by atoms with Gasteiger partial charge in [-0.2, -0.15) is 0 Å². The molecule has 3 spiro atoms. The molecular weight excluding hydrogens is 342 g/mol. The standard InChI is InChI=1S/C21H29N3O3/c1-12-7-13(2)24-11-20-10-19(9-15(25)22(5)16(19)26)18(3,4)14(20)8-21(12,24)17(27)23(20)6/h12,14H,2,7-11H2,1,3-6H3/t12-,14-,19-,20+,21+/m0/s1. The number of likely N-dealkylation sites (N-methyl/N-ethyl adjacent to an activating group) is 1. The van der Waals surface area contributed by atoms with Crippen LogP contribution in [-0.4, -0.2) is 64.1 Å². The molecule has 6 heteroatoms. The molecule has 5 aliphatic heterocycles. The molecule has 1 saturated carbocycles. The minimum Gasteiger partial charge on any atom is -0.358 e. The number of piperazine rings is 1. The Bertz CT molecular complexity index is 835. The van der Waals surface area contributed by atoms with E-state index < -0.39 is 16.5 Å². The van der Waals surface area contributed by atoms with Crippen LogP contribution in [0.25, 0.3) is 0 Å². The number of imide groups is 1. The number of piperidine rings is 2. The number of hydrogen-bond acceptors (Lipinski definition) is 4. The van der Waals surface area contributed by atoms with Crippen LogP contribution >= 0.6 is 0 Å². The van der Waals surface area contributed by atoms with Gasteiger partial charge in [0.1, 0.15) is 5.54 Å². The normalized spacial score (nSPS) is 47.5. The predicted octanol–water partition coefficient (Wildman–Crippen LogP) is 1.62. The Balaban J connectivity index is 1.71. The van der Waals surface area contributed by atoms with Crippen LogP contribution in [0.1, 0.15) is 46.5 Å². The molecule has 6 rings (SSSR count). The third-order valence-corrected chi connectivity index (χ3v) is 9.41. The van der Waals surface area contributed by atoms with Crippen molar-refractivity contribution in [2.24, 2.45) is 22.7 Å². The summed E-state index contributed by atoms with van der Waals surface area (Å²) in [7, 11) is 3.52. The first kappa shape index (κ1) is 17.3. The second-order valence-electron chi connectivity index (χ2n) is 10.3. The summed E-state index contributed by atoms with van der Waals surface area (Å²) < 4.78 is 0. The van der Waals surface area contributed by atoms with Crippen LogP contribution in [0.4, 0.5) is 0 Å². The minimum absolute atomic E-state index is 0.0601. The van der Waals surface area contributed by atoms with Crippen molar-refractivity contribution in [2.75, 3.05) is 20.6 Å². The fourth-order valence-electron chi connectivity index (χ4n) is 7.71. The van der Waals surface area contributed by atoms with Gasteiger partial charge >= 0.3 is 0 Å². The summed E-state index contributed by atoms with van der Waals surface area (Å²) in [5.41, 5.74) is -0.947. The number of amides is 3. The van der Waals surface area contributed by atoms with Gasteiger partial charge in [0.05, 0.1) is 11.0 Å². The molecule has 2 bridgehead atoms. The van der Waals surface area contributed by atoms with Gasteiger partial charge in [-0.05, 0) is 36.5 Å². The molecule has 3 amide bonds. The number of carbonyl (C=O) groups is 3. The zero-order valence-corrected chi connectivity index (χ0v) is 17.0. The van der Waals surface area contributed by atoms with E-state index in [4.69, 9.17) is 0 Å². The van der Waals surface area contributed by atoms with Crippen molar-refractivity contribution in [3.63, 3.8) is 0 Å². The maximum absolute atomic E-state index is 13.6. The quantitative estimate of drug-likeness (QED) is 0.607. The SMILES string of the molecule is C=C1C[C@H](C)[C@@]23C[C@H]4C(C)(C)[C@@]5(CC(=O)N(C)C5=O)C[C@]4(CN12)N(C)C3=O. The summed E-state index contributed by atoms with van der Waals surface area (Å²) in [4.78, 5) is 44.9. The van der Waals surface area contributed by atoms with Gasteiger partial charge < -0.3 is 9.80 Å². The fraction of sp³-hybridized carbons (Fsp3) is 0.762. The second-order valence-corrected chi connectivity index (χ2v) is 10.3. The van der Waals surface area contributed by atoms with Gasteiger partial charge in [-0.3, -0.25) is 19.3 Å². The van der Waals surface area contributed by atoms with E-state index in [1.807, 2.05) is 11.9 Å². The highest BCUT2D eigenvalue weighted by atomic mass is 16.2. The van der Waals surface area contributed by atoms with Crippen LogP contribution in [0.2, 0.25) is 0 Å². The van der Waals surface area contributed by atoms with Gasteiger partial charge in [-0.1, -0.05) is 27.4 Å². The number of fused-ring (bicyclic) bond motifs is 1. The summed E-state index contributed by atoms with van der Waals surface area (Å²) in [5.74, 6) is 0.432. The van der Waals surface area contributed by atoms with Gasteiger partial charge in [-0.15, -0.1) is 0 Å². The van der Waals surface area contributed by atoms with Crippen LogP contribution in [0.15, 0.2) is 12.3 Å². The van der Waals surface area contributed by atoms with Crippen molar-refractivity contribution in [1.29, 1.82) is 0 Å². The maximum atomic E-state index is 13.6. The van der Waals surface area contributed by atoms with Gasteiger partial charge in [0.15, 0.2) is 0 Å². The molecule has 1 aliphatic carbocycles. The summed E-state index contributed by atoms with van der Waals surface area (Å²) in [6, 6.07) is 0. The van der Waals surface area contributed by atoms with Gasteiger partial charge in [0, 0.05) is 32.8 Å². The van der Waals surface area contributed by atoms with Crippen LogP contribution < -0.4 is 0 Å². The lowest BCUT2D eigenvalue weighted by Gasteiger charge is -2.65. The molecule has 0 radical (unpaired) electrons. The number of rotatable bonds is 0. The number of likely N-dealkylation sites (tertiary alicyclic amines) is 1. The lowest BCUT2D eigenvalue weighted by molar-refractivity contribution is -0.186. The van der Waals surface area contributed by atoms with Gasteiger partial charge in [0.2, 0.25) is 17.7 Å².